The van der Waals surface area contributed by atoms with Gasteiger partial charge in [-0.15, -0.1) is 0 Å². The summed E-state index contributed by atoms with van der Waals surface area (Å²) in [5, 5.41) is 17.7. The average Bonchev–Trinajstić information content (AvgIpc) is 2.44. The van der Waals surface area contributed by atoms with Crippen molar-refractivity contribution in [3.8, 4) is 0 Å². The molecule has 0 spiro atoms. The molecule has 1 rings (SSSR count). The van der Waals surface area contributed by atoms with Gasteiger partial charge in [-0.2, -0.15) is 4.72 Å². The predicted molar refractivity (Wildman–Crippen MR) is 88.4 cm³/mol. The first-order valence-corrected chi connectivity index (χ1v) is 8.99. The van der Waals surface area contributed by atoms with E-state index in [0.717, 1.165) is 5.56 Å². The smallest absolute Gasteiger partial charge is 0.321 e. The van der Waals surface area contributed by atoms with E-state index in [2.05, 4.69) is 4.72 Å². The lowest BCUT2D eigenvalue weighted by Gasteiger charge is -2.19. The monoisotopic (exact) mass is 357 g/mol. The number of benzene rings is 1. The molecule has 0 saturated heterocycles. The molecule has 3 N–H and O–H groups in total. The molecule has 0 fully saturated rings. The van der Waals surface area contributed by atoms with E-state index in [4.69, 9.17) is 10.2 Å². The van der Waals surface area contributed by atoms with Crippen molar-refractivity contribution < 1.29 is 28.2 Å². The van der Waals surface area contributed by atoms with Gasteiger partial charge in [-0.05, 0) is 36.0 Å². The first-order chi connectivity index (χ1) is 10.9. The fourth-order valence-electron chi connectivity index (χ4n) is 2.08. The van der Waals surface area contributed by atoms with Crippen LogP contribution in [0.3, 0.4) is 0 Å². The van der Waals surface area contributed by atoms with E-state index in [1.54, 1.807) is 12.1 Å². The molecule has 0 radical (unpaired) electrons. The summed E-state index contributed by atoms with van der Waals surface area (Å²) in [6.45, 7) is 5.99. The Balaban J connectivity index is 2.89. The molecule has 0 aliphatic heterocycles. The Morgan fingerprint density at radius 1 is 1.12 bits per heavy atom. The van der Waals surface area contributed by atoms with Gasteiger partial charge in [0.1, 0.15) is 6.04 Å². The van der Waals surface area contributed by atoms with Gasteiger partial charge < -0.3 is 10.2 Å². The van der Waals surface area contributed by atoms with E-state index < -0.39 is 28.0 Å². The summed E-state index contributed by atoms with van der Waals surface area (Å²) in [5.41, 5.74) is 0.827. The third-order valence-corrected chi connectivity index (χ3v) is 5.00. The topological polar surface area (TPSA) is 121 Å². The number of aliphatic carboxylic acids is 2. The Morgan fingerprint density at radius 2 is 1.67 bits per heavy atom. The van der Waals surface area contributed by atoms with Crippen molar-refractivity contribution in [2.24, 2.45) is 0 Å². The molecule has 0 amide bonds. The summed E-state index contributed by atoms with van der Waals surface area (Å²) in [5.74, 6) is -2.39. The van der Waals surface area contributed by atoms with Gasteiger partial charge >= 0.3 is 11.9 Å². The molecule has 24 heavy (non-hydrogen) atoms. The SMILES string of the molecule is CC(C)(C)c1ccc(S(=O)(=O)NC(CCCC(=O)O)C(=O)O)cc1. The largest absolute Gasteiger partial charge is 0.481 e. The molecule has 1 atom stereocenters. The summed E-state index contributed by atoms with van der Waals surface area (Å²) < 4.78 is 26.7. The number of hydrogen-bond acceptors (Lipinski definition) is 4. The van der Waals surface area contributed by atoms with Crippen molar-refractivity contribution in [2.75, 3.05) is 0 Å². The highest BCUT2D eigenvalue weighted by atomic mass is 32.2. The van der Waals surface area contributed by atoms with Crippen molar-refractivity contribution in [3.05, 3.63) is 29.8 Å². The molecule has 134 valence electrons. The molecule has 0 saturated carbocycles. The highest BCUT2D eigenvalue weighted by Crippen LogP contribution is 2.23. The highest BCUT2D eigenvalue weighted by Gasteiger charge is 2.25. The first-order valence-electron chi connectivity index (χ1n) is 7.51. The number of nitrogens with one attached hydrogen (secondary N) is 1. The lowest BCUT2D eigenvalue weighted by Crippen LogP contribution is -2.40. The second-order valence-electron chi connectivity index (χ2n) is 6.57. The molecule has 0 aromatic heterocycles. The molecule has 8 heteroatoms. The summed E-state index contributed by atoms with van der Waals surface area (Å²) >= 11 is 0. The Hall–Kier alpha value is -1.93. The Labute approximate surface area is 141 Å². The Morgan fingerprint density at radius 3 is 2.08 bits per heavy atom. The van der Waals surface area contributed by atoms with Crippen LogP contribution in [0.15, 0.2) is 29.2 Å². The standard InChI is InChI=1S/C16H23NO6S/c1-16(2,3)11-7-9-12(10-8-11)24(22,23)17-13(15(20)21)5-4-6-14(18)19/h7-10,13,17H,4-6H2,1-3H3,(H,18,19)(H,20,21). The van der Waals surface area contributed by atoms with Crippen molar-refractivity contribution in [1.82, 2.24) is 4.72 Å². The van der Waals surface area contributed by atoms with E-state index >= 15 is 0 Å². The molecule has 1 aromatic carbocycles. The van der Waals surface area contributed by atoms with Crippen molar-refractivity contribution >= 4 is 22.0 Å². The van der Waals surface area contributed by atoms with Crippen LogP contribution in [0, 0.1) is 0 Å². The van der Waals surface area contributed by atoms with Crippen LogP contribution in [0.1, 0.15) is 45.6 Å². The van der Waals surface area contributed by atoms with E-state index in [-0.39, 0.29) is 29.6 Å². The number of carbonyl (C=O) groups is 2. The number of sulfonamides is 1. The van der Waals surface area contributed by atoms with Gasteiger partial charge in [0.25, 0.3) is 0 Å². The van der Waals surface area contributed by atoms with Crippen molar-refractivity contribution in [3.63, 3.8) is 0 Å². The number of hydrogen-bond donors (Lipinski definition) is 3. The van der Waals surface area contributed by atoms with Crippen LogP contribution in [0.2, 0.25) is 0 Å². The van der Waals surface area contributed by atoms with E-state index in [1.807, 2.05) is 20.8 Å². The summed E-state index contributed by atoms with van der Waals surface area (Å²) in [7, 11) is -4.00. The highest BCUT2D eigenvalue weighted by molar-refractivity contribution is 7.89. The van der Waals surface area contributed by atoms with Crippen LogP contribution in [0.4, 0.5) is 0 Å². The minimum absolute atomic E-state index is 0.0278. The van der Waals surface area contributed by atoms with E-state index in [9.17, 15) is 18.0 Å². The minimum atomic E-state index is -4.00. The Bertz CT molecular complexity index is 688. The normalized spacial score (nSPS) is 13.5. The summed E-state index contributed by atoms with van der Waals surface area (Å²) in [6, 6.07) is 4.87. The quantitative estimate of drug-likeness (QED) is 0.654. The summed E-state index contributed by atoms with van der Waals surface area (Å²) in [4.78, 5) is 21.7. The minimum Gasteiger partial charge on any atom is -0.481 e. The van der Waals surface area contributed by atoms with Crippen LogP contribution in [-0.2, 0) is 25.0 Å². The first kappa shape index (κ1) is 20.1. The van der Waals surface area contributed by atoms with Gasteiger partial charge in [0.2, 0.25) is 10.0 Å². The third-order valence-electron chi connectivity index (χ3n) is 3.51. The number of carboxylic acids is 2. The molecule has 1 aromatic rings. The molecule has 0 bridgehead atoms. The molecular weight excluding hydrogens is 334 g/mol. The zero-order chi connectivity index (χ0) is 18.5. The molecule has 0 aliphatic carbocycles. The number of carboxylic acid groups (broad SMARTS) is 2. The van der Waals surface area contributed by atoms with Gasteiger partial charge in [-0.1, -0.05) is 32.9 Å². The molecular formula is C16H23NO6S. The maximum Gasteiger partial charge on any atom is 0.321 e. The second kappa shape index (κ2) is 7.76. The van der Waals surface area contributed by atoms with Crippen LogP contribution in [-0.4, -0.2) is 36.6 Å². The van der Waals surface area contributed by atoms with Crippen LogP contribution < -0.4 is 4.72 Å². The molecule has 1 unspecified atom stereocenters. The van der Waals surface area contributed by atoms with Gasteiger partial charge in [0.05, 0.1) is 4.90 Å². The predicted octanol–water partition coefficient (Wildman–Crippen LogP) is 1.97. The van der Waals surface area contributed by atoms with Crippen molar-refractivity contribution in [1.29, 1.82) is 0 Å². The zero-order valence-electron chi connectivity index (χ0n) is 13.9. The average molecular weight is 357 g/mol. The van der Waals surface area contributed by atoms with Crippen LogP contribution in [0.25, 0.3) is 0 Å². The lowest BCUT2D eigenvalue weighted by molar-refractivity contribution is -0.140. The lowest BCUT2D eigenvalue weighted by atomic mass is 9.87. The Kier molecular flexibility index (Phi) is 6.50. The van der Waals surface area contributed by atoms with Crippen molar-refractivity contribution in [2.45, 2.75) is 56.4 Å². The van der Waals surface area contributed by atoms with Crippen LogP contribution >= 0.6 is 0 Å². The molecule has 0 heterocycles. The fraction of sp³-hybridized carbons (Fsp3) is 0.500. The van der Waals surface area contributed by atoms with Gasteiger partial charge in [-0.3, -0.25) is 9.59 Å². The maximum atomic E-state index is 12.3. The molecule has 0 aliphatic rings. The number of rotatable bonds is 8. The van der Waals surface area contributed by atoms with Crippen LogP contribution in [0.5, 0.6) is 0 Å². The van der Waals surface area contributed by atoms with Gasteiger partial charge in [-0.25, -0.2) is 8.42 Å². The van der Waals surface area contributed by atoms with E-state index in [1.165, 1.54) is 12.1 Å². The third kappa shape index (κ3) is 5.93. The summed E-state index contributed by atoms with van der Waals surface area (Å²) in [6.07, 6.45) is -0.246. The second-order valence-corrected chi connectivity index (χ2v) is 8.29. The maximum absolute atomic E-state index is 12.3. The molecule has 7 nitrogen and oxygen atoms in total. The van der Waals surface area contributed by atoms with E-state index in [0.29, 0.717) is 0 Å². The van der Waals surface area contributed by atoms with Gasteiger partial charge in [0, 0.05) is 6.42 Å². The van der Waals surface area contributed by atoms with Gasteiger partial charge in [0.15, 0.2) is 0 Å². The zero-order valence-corrected chi connectivity index (χ0v) is 14.8. The fourth-order valence-corrected chi connectivity index (χ4v) is 3.30.